The van der Waals surface area contributed by atoms with E-state index in [1.807, 2.05) is 44.2 Å². The fourth-order valence-electron chi connectivity index (χ4n) is 15.5. The first-order chi connectivity index (χ1) is 59.1. The van der Waals surface area contributed by atoms with Gasteiger partial charge >= 0.3 is 40.7 Å². The number of aliphatic hydroxyl groups excluding tert-OH is 8. The molecule has 1 aliphatic carbocycles. The summed E-state index contributed by atoms with van der Waals surface area (Å²) in [5.41, 5.74) is 3.80. The summed E-state index contributed by atoms with van der Waals surface area (Å²) in [6.45, 7) is 5.14. The summed E-state index contributed by atoms with van der Waals surface area (Å²) in [5, 5.41) is 126. The van der Waals surface area contributed by atoms with E-state index in [0.29, 0.717) is 95.8 Å². The Morgan fingerprint density at radius 1 is 0.632 bits per heavy atom. The number of Topliss-reactive ketones (excluding diaryl/α,β-unsaturated/α-hetero) is 2. The number of ketones is 2. The van der Waals surface area contributed by atoms with Crippen molar-refractivity contribution in [3.63, 3.8) is 0 Å². The topological polar surface area (TPSA) is 610 Å². The lowest BCUT2D eigenvalue weighted by atomic mass is 9.81. The number of carboxylic acid groups (broad SMARTS) is 3. The van der Waals surface area contributed by atoms with Crippen LogP contribution in [-0.2, 0) is 102 Å². The van der Waals surface area contributed by atoms with Crippen LogP contribution in [0.3, 0.4) is 0 Å². The normalized spacial score (nSPS) is 22.5. The van der Waals surface area contributed by atoms with E-state index in [9.17, 15) is 107 Å². The minimum Gasteiger partial charge on any atom is -0.481 e. The predicted molar refractivity (Wildman–Crippen MR) is 440 cm³/mol. The maximum absolute atomic E-state index is 14.4. The molecule has 13 atom stereocenters. The quantitative estimate of drug-likeness (QED) is 0.0172. The molecule has 2 saturated heterocycles. The monoisotopic (exact) mass is 1790 g/mol. The molecule has 9 rings (SSSR count). The molecule has 125 heavy (non-hydrogen) atoms. The summed E-state index contributed by atoms with van der Waals surface area (Å²) in [6, 6.07) is 20.6. The van der Waals surface area contributed by atoms with Crippen molar-refractivity contribution in [3.05, 3.63) is 166 Å². The summed E-state index contributed by atoms with van der Waals surface area (Å²) in [6.07, 6.45) is -0.976. The third-order valence-corrected chi connectivity index (χ3v) is 22.9. The minimum absolute atomic E-state index is 0.0298. The van der Waals surface area contributed by atoms with E-state index < -0.39 is 189 Å². The molecule has 17 N–H and O–H groups in total. The second-order valence-corrected chi connectivity index (χ2v) is 33.5. The number of allylic oxidation sites excluding steroid dienone is 7. The number of aliphatic hydroxyl groups is 8. The molecule has 4 aliphatic heterocycles. The Morgan fingerprint density at radius 2 is 1.21 bits per heavy atom. The number of amides is 5. The molecule has 10 unspecified atom stereocenters. The van der Waals surface area contributed by atoms with Gasteiger partial charge in [-0.3, -0.25) is 38.1 Å². The van der Waals surface area contributed by atoms with E-state index in [1.54, 1.807) is 96.1 Å². The number of rotatable bonds is 41. The molecule has 0 saturated carbocycles. The van der Waals surface area contributed by atoms with Crippen LogP contribution in [0.5, 0.6) is 5.75 Å². The van der Waals surface area contributed by atoms with Crippen LogP contribution in [0, 0.1) is 5.92 Å². The SMILES string of the molecule is CC1(C)C(=CC=C2CCCC(C=CC3=[N+](CC(=O)NC4C(O)OC(CO)C(O)C4O)c4ccccc4C3(C)C)=C2Oc2ccc(C[C@H](CC(=O)[C@H](Cc3ccccc3)NC(=O)CCCCCCCCC(=O)CC[C@H](NC(=O)NCCCC(=O)O)C(=O)O)C(=O)O)cc2)N(CC(=O)NC2C(O)OC(CO)C(O)C2O)c2ccc(S(=O)(=O)O)cc21.O=C=O.O=S(=O)=O. The number of nitrogens with zero attached hydrogens (tertiary/aromatic N) is 2. The molecule has 5 amide bonds. The van der Waals surface area contributed by atoms with Gasteiger partial charge in [-0.05, 0) is 142 Å². The van der Waals surface area contributed by atoms with Crippen LogP contribution in [0.25, 0.3) is 0 Å². The van der Waals surface area contributed by atoms with Gasteiger partial charge in [0.25, 0.3) is 16.0 Å². The molecule has 0 aromatic heterocycles. The van der Waals surface area contributed by atoms with Gasteiger partial charge < -0.3 is 102 Å². The smallest absolute Gasteiger partial charge is 0.425 e. The van der Waals surface area contributed by atoms with Crippen LogP contribution >= 0.6 is 0 Å². The Balaban J connectivity index is 0.00000295. The van der Waals surface area contributed by atoms with Crippen LogP contribution in [0.4, 0.5) is 16.2 Å². The second-order valence-electron chi connectivity index (χ2n) is 31.6. The average molecular weight is 1790 g/mol. The zero-order valence-corrected chi connectivity index (χ0v) is 70.8. The van der Waals surface area contributed by atoms with Gasteiger partial charge in [-0.25, -0.2) is 9.59 Å². The number of carbonyl (C=O) groups excluding carboxylic acids is 8. The van der Waals surface area contributed by atoms with Crippen LogP contribution in [0.15, 0.2) is 149 Å². The van der Waals surface area contributed by atoms with Gasteiger partial charge in [-0.15, -0.1) is 12.6 Å². The van der Waals surface area contributed by atoms with Crippen molar-refractivity contribution in [1.29, 1.82) is 0 Å². The summed E-state index contributed by atoms with van der Waals surface area (Å²) < 4.78 is 80.3. The Bertz CT molecular complexity index is 4930. The number of nitrogens with one attached hydrogen (secondary N) is 5. The van der Waals surface area contributed by atoms with Gasteiger partial charge in [-0.2, -0.15) is 22.6 Å². The van der Waals surface area contributed by atoms with Gasteiger partial charge in [-0.1, -0.05) is 106 Å². The van der Waals surface area contributed by atoms with Crippen LogP contribution in [0.1, 0.15) is 153 Å². The number of hydrogen-bond donors (Lipinski definition) is 17. The van der Waals surface area contributed by atoms with Crippen molar-refractivity contribution in [2.75, 3.05) is 37.7 Å². The number of ether oxygens (including phenoxy) is 3. The lowest BCUT2D eigenvalue weighted by Gasteiger charge is -2.40. The molecule has 38 nitrogen and oxygen atoms in total. The fourth-order valence-corrected chi connectivity index (χ4v) is 16.0. The number of benzene rings is 4. The molecule has 4 aromatic rings. The van der Waals surface area contributed by atoms with Crippen molar-refractivity contribution >= 4 is 97.2 Å². The minimum atomic E-state index is -4.76. The molecule has 0 radical (unpaired) electrons. The molecule has 0 bridgehead atoms. The number of anilines is 1. The average Bonchev–Trinajstić information content (AvgIpc) is 1.58. The first-order valence-corrected chi connectivity index (χ1v) is 42.9. The number of aliphatic carboxylic acids is 3. The van der Waals surface area contributed by atoms with Crippen molar-refractivity contribution in [2.45, 2.75) is 232 Å². The maximum atomic E-state index is 14.4. The number of carbonyl (C=O) groups is 9. The van der Waals surface area contributed by atoms with Gasteiger partial charge in [0.15, 0.2) is 24.1 Å². The third kappa shape index (κ3) is 28.8. The fraction of sp³-hybridized carbons (Fsp3) is 0.494. The van der Waals surface area contributed by atoms with Crippen molar-refractivity contribution < 1.29 is 153 Å². The molecule has 2 fully saturated rings. The number of unbranched alkanes of at least 4 members (excludes halogenated alkanes) is 5. The molecule has 4 aromatic carbocycles. The highest BCUT2D eigenvalue weighted by Gasteiger charge is 2.50. The first kappa shape index (κ1) is 101. The molecule has 40 heteroatoms. The maximum Gasteiger partial charge on any atom is 0.425 e. The molecular weight excluding hydrogens is 1680 g/mol. The molecular formula is C85H108N7O31S2+. The number of carboxylic acids is 3. The Morgan fingerprint density at radius 3 is 1.79 bits per heavy atom. The van der Waals surface area contributed by atoms with E-state index in [-0.39, 0.29) is 82.1 Å². The van der Waals surface area contributed by atoms with E-state index in [1.165, 1.54) is 18.2 Å². The largest absolute Gasteiger partial charge is 0.481 e. The highest BCUT2D eigenvalue weighted by Crippen LogP contribution is 2.49. The third-order valence-electron chi connectivity index (χ3n) is 22.1. The Hall–Kier alpha value is -10.9. The highest BCUT2D eigenvalue weighted by atomic mass is 32.2. The lowest BCUT2D eigenvalue weighted by molar-refractivity contribution is -0.425. The number of fused-ring (bicyclic) bond motifs is 2. The van der Waals surface area contributed by atoms with E-state index in [2.05, 4.69) is 26.6 Å². The number of urea groups is 1. The Kier molecular flexibility index (Phi) is 38.3. The summed E-state index contributed by atoms with van der Waals surface area (Å²) in [4.78, 5) is 134. The zero-order valence-electron chi connectivity index (χ0n) is 69.2. The second kappa shape index (κ2) is 47.4. The van der Waals surface area contributed by atoms with Crippen molar-refractivity contribution in [2.24, 2.45) is 5.92 Å². The number of para-hydroxylation sites is 1. The molecule has 0 spiro atoms. The van der Waals surface area contributed by atoms with E-state index >= 15 is 0 Å². The van der Waals surface area contributed by atoms with Crippen LogP contribution < -0.4 is 36.2 Å². The molecule has 4 heterocycles. The first-order valence-electron chi connectivity index (χ1n) is 40.4. The van der Waals surface area contributed by atoms with Gasteiger partial charge in [0.05, 0.1) is 35.5 Å². The van der Waals surface area contributed by atoms with Crippen LogP contribution in [-0.4, -0.2) is 258 Å². The van der Waals surface area contributed by atoms with E-state index in [4.69, 9.17) is 41.5 Å². The Labute approximate surface area is 721 Å². The van der Waals surface area contributed by atoms with Gasteiger partial charge in [0.1, 0.15) is 78.6 Å². The lowest BCUT2D eigenvalue weighted by Crippen LogP contribution is -2.64. The number of hydrogen-bond acceptors (Lipinski definition) is 28. The van der Waals surface area contributed by atoms with Crippen LogP contribution in [0.2, 0.25) is 0 Å². The summed E-state index contributed by atoms with van der Waals surface area (Å²) >= 11 is 0. The van der Waals surface area contributed by atoms with E-state index in [0.717, 1.165) is 24.0 Å². The predicted octanol–water partition coefficient (Wildman–Crippen LogP) is 2.25. The van der Waals surface area contributed by atoms with Crippen molar-refractivity contribution in [1.82, 2.24) is 26.6 Å². The van der Waals surface area contributed by atoms with Crippen molar-refractivity contribution in [3.8, 4) is 5.75 Å². The molecule has 680 valence electrons. The van der Waals surface area contributed by atoms with Gasteiger partial charge in [0, 0.05) is 73.2 Å². The molecule has 5 aliphatic rings. The van der Waals surface area contributed by atoms with Gasteiger partial charge in [0.2, 0.25) is 24.0 Å². The zero-order chi connectivity index (χ0) is 92.2. The summed E-state index contributed by atoms with van der Waals surface area (Å²) in [5.74, 6) is -6.78. The summed E-state index contributed by atoms with van der Waals surface area (Å²) in [7, 11) is -7.87. The standard InChI is InChI=1S/C84H107N7O26S.CO2.O3S/c1-83(2)56-23-14-15-24-60(56)90(44-68(97)88-71-75(103)73(101)63(46-92)116-80(71)109)65(83)37-29-50-20-16-21-51(30-38-66-84(3,4)57-43-55(118(112,113)114)34-36-61(57)91(66)45-69(98)89-72-76(104)74(102)64(47-93)117-81(72)110)77(50)115-54-32-27-49(28-33-54)40-52(78(105)106)42-62(95)59(41-48-18-10-9-11-19-48)86-67(96)25-13-8-6-5-7-12-22-53(94)31-35-58(79(107)108)87-82(111)85-39-17-26-70(99)100;2-1-3;1-4(2)3/h9-11,14-15,18-19,23-24,27-30,32-34,36-38,43,52,58-59,63-64,71-76,80-81,92-93,101-104,109-110H,5-8,12-13,16-17,20-22,25-26,31,35,39-42,44-47H2,1-4H3,(H8-,85,86,87,88,89,96,97,98,99,100,105,106,107,108,111,112,113,114);;/p+1/t52-,58+,59+,63?,64?,71?,72?,73?,74?,75?,76?,80?,81?;;/m1../s1. The highest BCUT2D eigenvalue weighted by molar-refractivity contribution is 7.85.